The van der Waals surface area contributed by atoms with E-state index in [4.69, 9.17) is 22.1 Å². The zero-order valence-corrected chi connectivity index (χ0v) is 15.1. The lowest BCUT2D eigenvalue weighted by molar-refractivity contribution is -0.117. The van der Waals surface area contributed by atoms with Crippen LogP contribution in [0.5, 0.6) is 5.75 Å². The van der Waals surface area contributed by atoms with Crippen LogP contribution in [0.25, 0.3) is 0 Å². The average molecular weight is 369 g/mol. The summed E-state index contributed by atoms with van der Waals surface area (Å²) in [5.74, 6) is 0.368. The molecule has 0 saturated heterocycles. The molecule has 0 spiro atoms. The molecule has 0 aromatic heterocycles. The molecule has 3 N–H and O–H groups in total. The second-order valence-electron chi connectivity index (χ2n) is 5.28. The maximum absolute atomic E-state index is 12.2. The number of rotatable bonds is 7. The van der Waals surface area contributed by atoms with Crippen molar-refractivity contribution >= 4 is 35.6 Å². The summed E-state index contributed by atoms with van der Waals surface area (Å²) in [5, 5.41) is 3.25. The summed E-state index contributed by atoms with van der Waals surface area (Å²) in [4.78, 5) is 12.2. The van der Waals surface area contributed by atoms with Gasteiger partial charge in [-0.05, 0) is 36.6 Å². The van der Waals surface area contributed by atoms with E-state index in [1.165, 1.54) is 0 Å². The molecular formula is C18H22Cl2N2O2. The Hall–Kier alpha value is -1.75. The van der Waals surface area contributed by atoms with Gasteiger partial charge in [-0.3, -0.25) is 4.79 Å². The molecule has 0 aliphatic heterocycles. The van der Waals surface area contributed by atoms with Crippen LogP contribution in [0.15, 0.2) is 48.5 Å². The lowest BCUT2D eigenvalue weighted by Gasteiger charge is -2.13. The first-order valence-corrected chi connectivity index (χ1v) is 8.00. The van der Waals surface area contributed by atoms with E-state index in [-0.39, 0.29) is 18.3 Å². The number of hydrogen-bond acceptors (Lipinski definition) is 3. The van der Waals surface area contributed by atoms with Crippen molar-refractivity contribution in [2.75, 3.05) is 11.9 Å². The van der Waals surface area contributed by atoms with Gasteiger partial charge in [0.2, 0.25) is 5.91 Å². The van der Waals surface area contributed by atoms with Crippen LogP contribution in [0.3, 0.4) is 0 Å². The van der Waals surface area contributed by atoms with Crippen molar-refractivity contribution in [2.45, 2.75) is 25.8 Å². The molecule has 0 saturated carbocycles. The van der Waals surface area contributed by atoms with Crippen molar-refractivity contribution in [3.05, 3.63) is 59.1 Å². The molecule has 1 amide bonds. The highest BCUT2D eigenvalue weighted by Gasteiger charge is 2.15. The van der Waals surface area contributed by atoms with Crippen LogP contribution < -0.4 is 15.8 Å². The Morgan fingerprint density at radius 3 is 2.58 bits per heavy atom. The topological polar surface area (TPSA) is 64.3 Å². The van der Waals surface area contributed by atoms with Gasteiger partial charge in [-0.2, -0.15) is 0 Å². The molecule has 0 radical (unpaired) electrons. The van der Waals surface area contributed by atoms with Gasteiger partial charge in [0.05, 0.1) is 17.7 Å². The minimum Gasteiger partial charge on any atom is -0.492 e. The van der Waals surface area contributed by atoms with Gasteiger partial charge in [-0.1, -0.05) is 48.9 Å². The van der Waals surface area contributed by atoms with E-state index < -0.39 is 6.04 Å². The van der Waals surface area contributed by atoms with E-state index in [0.29, 0.717) is 29.5 Å². The summed E-state index contributed by atoms with van der Waals surface area (Å²) in [6.45, 7) is 2.63. The van der Waals surface area contributed by atoms with Gasteiger partial charge in [0.15, 0.2) is 0 Å². The molecule has 0 heterocycles. The fraction of sp³-hybridized carbons (Fsp3) is 0.278. The Balaban J connectivity index is 0.00000288. The first-order valence-electron chi connectivity index (χ1n) is 7.63. The molecule has 130 valence electrons. The molecule has 2 rings (SSSR count). The Bertz CT molecular complexity index is 651. The second kappa shape index (κ2) is 10.2. The molecule has 2 aromatic rings. The quantitative estimate of drug-likeness (QED) is 0.774. The minimum atomic E-state index is -0.618. The molecule has 2 aromatic carbocycles. The Morgan fingerprint density at radius 2 is 1.96 bits per heavy atom. The maximum Gasteiger partial charge on any atom is 0.241 e. The summed E-state index contributed by atoms with van der Waals surface area (Å²) in [6, 6.07) is 14.2. The molecule has 0 aliphatic rings. The molecule has 0 bridgehead atoms. The maximum atomic E-state index is 12.2. The molecule has 1 unspecified atom stereocenters. The first kappa shape index (κ1) is 20.3. The summed E-state index contributed by atoms with van der Waals surface area (Å²) in [6.07, 6.45) is 1.39. The molecular weight excluding hydrogens is 347 g/mol. The van der Waals surface area contributed by atoms with E-state index in [1.807, 2.05) is 37.3 Å². The fourth-order valence-corrected chi connectivity index (χ4v) is 2.34. The Morgan fingerprint density at radius 1 is 1.25 bits per heavy atom. The molecule has 1 atom stereocenters. The fourth-order valence-electron chi connectivity index (χ4n) is 2.10. The normalized spacial score (nSPS) is 11.3. The highest BCUT2D eigenvalue weighted by molar-refractivity contribution is 6.32. The summed E-state index contributed by atoms with van der Waals surface area (Å²) < 4.78 is 5.50. The third-order valence-electron chi connectivity index (χ3n) is 3.30. The molecule has 24 heavy (non-hydrogen) atoms. The molecule has 6 heteroatoms. The van der Waals surface area contributed by atoms with Gasteiger partial charge in [0, 0.05) is 5.69 Å². The van der Waals surface area contributed by atoms with Gasteiger partial charge in [-0.25, -0.2) is 0 Å². The number of halogens is 2. The number of benzene rings is 2. The summed E-state index contributed by atoms with van der Waals surface area (Å²) >= 11 is 6.15. The van der Waals surface area contributed by atoms with E-state index in [2.05, 4.69) is 5.32 Å². The largest absolute Gasteiger partial charge is 0.492 e. The average Bonchev–Trinajstić information content (AvgIpc) is 2.55. The monoisotopic (exact) mass is 368 g/mol. The van der Waals surface area contributed by atoms with Crippen LogP contribution in [-0.2, 0) is 11.2 Å². The van der Waals surface area contributed by atoms with Crippen molar-refractivity contribution < 1.29 is 9.53 Å². The second-order valence-corrected chi connectivity index (χ2v) is 5.69. The van der Waals surface area contributed by atoms with Gasteiger partial charge < -0.3 is 15.8 Å². The number of nitrogens with two attached hydrogens (primary N) is 1. The van der Waals surface area contributed by atoms with Crippen LogP contribution >= 0.6 is 24.0 Å². The van der Waals surface area contributed by atoms with Crippen molar-refractivity contribution in [3.8, 4) is 5.75 Å². The Labute approximate surface area is 153 Å². The zero-order chi connectivity index (χ0) is 16.7. The van der Waals surface area contributed by atoms with E-state index in [1.54, 1.807) is 18.2 Å². The van der Waals surface area contributed by atoms with Crippen LogP contribution in [0.4, 0.5) is 5.69 Å². The van der Waals surface area contributed by atoms with Gasteiger partial charge >= 0.3 is 0 Å². The van der Waals surface area contributed by atoms with E-state index in [0.717, 1.165) is 12.0 Å². The van der Waals surface area contributed by atoms with Crippen LogP contribution in [0, 0.1) is 0 Å². The van der Waals surface area contributed by atoms with Crippen molar-refractivity contribution in [3.63, 3.8) is 0 Å². The summed E-state index contributed by atoms with van der Waals surface area (Å²) in [7, 11) is 0. The van der Waals surface area contributed by atoms with Crippen LogP contribution in [-0.4, -0.2) is 18.6 Å². The Kier molecular flexibility index (Phi) is 8.61. The smallest absolute Gasteiger partial charge is 0.241 e. The highest BCUT2D eigenvalue weighted by Crippen LogP contribution is 2.27. The van der Waals surface area contributed by atoms with Crippen molar-refractivity contribution in [1.29, 1.82) is 0 Å². The van der Waals surface area contributed by atoms with E-state index in [9.17, 15) is 4.79 Å². The summed E-state index contributed by atoms with van der Waals surface area (Å²) in [5.41, 5.74) is 7.59. The standard InChI is InChI=1S/C18H21ClN2O2.ClH/c1-2-10-23-17-9-8-14(12-15(17)19)21-18(22)16(20)11-13-6-4-3-5-7-13;/h3-9,12,16H,2,10-11,20H2,1H3,(H,21,22);1H. The number of carbonyl (C=O) groups is 1. The predicted octanol–water partition coefficient (Wildman–Crippen LogP) is 4.06. The SMILES string of the molecule is CCCOc1ccc(NC(=O)C(N)Cc2ccccc2)cc1Cl.Cl. The van der Waals surface area contributed by atoms with Crippen LogP contribution in [0.1, 0.15) is 18.9 Å². The lowest BCUT2D eigenvalue weighted by Crippen LogP contribution is -2.37. The number of amides is 1. The van der Waals surface area contributed by atoms with Crippen molar-refractivity contribution in [1.82, 2.24) is 0 Å². The number of ether oxygens (including phenoxy) is 1. The van der Waals surface area contributed by atoms with Crippen LogP contribution in [0.2, 0.25) is 5.02 Å². The molecule has 4 nitrogen and oxygen atoms in total. The number of hydrogen-bond donors (Lipinski definition) is 2. The van der Waals surface area contributed by atoms with Gasteiger partial charge in [-0.15, -0.1) is 12.4 Å². The first-order chi connectivity index (χ1) is 11.1. The highest BCUT2D eigenvalue weighted by atomic mass is 35.5. The number of nitrogens with one attached hydrogen (secondary N) is 1. The third-order valence-corrected chi connectivity index (χ3v) is 3.59. The predicted molar refractivity (Wildman–Crippen MR) is 101 cm³/mol. The minimum absolute atomic E-state index is 0. The lowest BCUT2D eigenvalue weighted by atomic mass is 10.1. The number of carbonyl (C=O) groups excluding carboxylic acids is 1. The van der Waals surface area contributed by atoms with Crippen molar-refractivity contribution in [2.24, 2.45) is 5.73 Å². The van der Waals surface area contributed by atoms with E-state index >= 15 is 0 Å². The zero-order valence-electron chi connectivity index (χ0n) is 13.5. The third kappa shape index (κ3) is 6.04. The number of anilines is 1. The molecule has 0 aliphatic carbocycles. The van der Waals surface area contributed by atoms with Gasteiger partial charge in [0.1, 0.15) is 5.75 Å². The molecule has 0 fully saturated rings. The van der Waals surface area contributed by atoms with Gasteiger partial charge in [0.25, 0.3) is 0 Å².